The van der Waals surface area contributed by atoms with Crippen molar-refractivity contribution in [3.8, 4) is 0 Å². The zero-order valence-corrected chi connectivity index (χ0v) is 17.8. The van der Waals surface area contributed by atoms with Crippen molar-refractivity contribution in [3.63, 3.8) is 0 Å². The fourth-order valence-corrected chi connectivity index (χ4v) is 5.01. The van der Waals surface area contributed by atoms with Crippen LogP contribution < -0.4 is 10.6 Å². The molecule has 1 aliphatic carbocycles. The number of methoxy groups -OCH3 is 1. The van der Waals surface area contributed by atoms with Gasteiger partial charge < -0.3 is 15.4 Å². The average molecular weight is 404 g/mol. The Morgan fingerprint density at radius 2 is 2.00 bits per heavy atom. The van der Waals surface area contributed by atoms with E-state index in [9.17, 15) is 9.59 Å². The predicted octanol–water partition coefficient (Wildman–Crippen LogP) is 3.47. The van der Waals surface area contributed by atoms with Crippen molar-refractivity contribution in [2.75, 3.05) is 20.7 Å². The monoisotopic (exact) mass is 403 g/mol. The summed E-state index contributed by atoms with van der Waals surface area (Å²) in [4.78, 5) is 30.8. The van der Waals surface area contributed by atoms with Crippen molar-refractivity contribution in [1.29, 1.82) is 0 Å². The molecule has 0 saturated heterocycles. The van der Waals surface area contributed by atoms with Crippen molar-refractivity contribution >= 4 is 33.4 Å². The van der Waals surface area contributed by atoms with E-state index < -0.39 is 5.60 Å². The molecule has 2 amide bonds. The number of aromatic nitrogens is 1. The number of nitrogens with zero attached hydrogens (tertiary/aromatic N) is 1. The van der Waals surface area contributed by atoms with Crippen LogP contribution in [0.4, 0.5) is 0 Å². The first kappa shape index (κ1) is 20.7. The number of hydrogen-bond acceptors (Lipinski definition) is 5. The number of fused-ring (bicyclic) bond motifs is 1. The van der Waals surface area contributed by atoms with Crippen molar-refractivity contribution in [2.24, 2.45) is 5.92 Å². The zero-order chi connectivity index (χ0) is 20.3. The topological polar surface area (TPSA) is 80.3 Å². The lowest BCUT2D eigenvalue weighted by Gasteiger charge is -2.30. The highest BCUT2D eigenvalue weighted by Gasteiger charge is 2.31. The summed E-state index contributed by atoms with van der Waals surface area (Å²) < 4.78 is 5.24. The molecule has 1 aliphatic rings. The third kappa shape index (κ3) is 4.20. The molecule has 0 bridgehead atoms. The molecule has 7 heteroatoms. The van der Waals surface area contributed by atoms with E-state index in [4.69, 9.17) is 4.74 Å². The molecule has 2 N–H and O–H groups in total. The third-order valence-electron chi connectivity index (χ3n) is 5.80. The lowest BCUT2D eigenvalue weighted by Crippen LogP contribution is -2.45. The van der Waals surface area contributed by atoms with Crippen LogP contribution in [0.3, 0.4) is 0 Å². The second kappa shape index (κ2) is 8.57. The van der Waals surface area contributed by atoms with E-state index in [1.165, 1.54) is 11.3 Å². The smallest absolute Gasteiger partial charge is 0.261 e. The summed E-state index contributed by atoms with van der Waals surface area (Å²) in [5.74, 6) is 0.704. The normalized spacial score (nSPS) is 20.1. The van der Waals surface area contributed by atoms with Gasteiger partial charge in [-0.3, -0.25) is 9.59 Å². The van der Waals surface area contributed by atoms with Crippen LogP contribution in [0.15, 0.2) is 18.3 Å². The van der Waals surface area contributed by atoms with Crippen LogP contribution in [0.1, 0.15) is 60.7 Å². The van der Waals surface area contributed by atoms with Gasteiger partial charge in [-0.05, 0) is 63.0 Å². The van der Waals surface area contributed by atoms with Gasteiger partial charge in [-0.2, -0.15) is 0 Å². The van der Waals surface area contributed by atoms with E-state index in [-0.39, 0.29) is 11.8 Å². The van der Waals surface area contributed by atoms with Crippen LogP contribution in [0.25, 0.3) is 10.2 Å². The number of carbonyl (C=O) groups is 2. The number of carbonyl (C=O) groups excluding carboxylic acids is 2. The van der Waals surface area contributed by atoms with Crippen LogP contribution >= 0.6 is 11.3 Å². The number of ether oxygens (including phenoxy) is 1. The number of nitrogens with one attached hydrogen (secondary N) is 2. The predicted molar refractivity (Wildman–Crippen MR) is 112 cm³/mol. The summed E-state index contributed by atoms with van der Waals surface area (Å²) >= 11 is 1.48. The lowest BCUT2D eigenvalue weighted by atomic mass is 9.78. The summed E-state index contributed by atoms with van der Waals surface area (Å²) in [7, 11) is 3.22. The van der Waals surface area contributed by atoms with Crippen molar-refractivity contribution in [2.45, 2.75) is 51.0 Å². The van der Waals surface area contributed by atoms with E-state index in [0.29, 0.717) is 18.4 Å². The van der Waals surface area contributed by atoms with Gasteiger partial charge in [-0.1, -0.05) is 6.07 Å². The average Bonchev–Trinajstić information content (AvgIpc) is 3.11. The first-order chi connectivity index (χ1) is 13.4. The summed E-state index contributed by atoms with van der Waals surface area (Å²) in [5, 5.41) is 6.89. The Labute approximate surface area is 170 Å². The SMILES string of the molecule is CNC(=O)c1sc2ncccc2c1C1CCC(CNC(=O)C(C)(C)OC)CC1. The highest BCUT2D eigenvalue weighted by molar-refractivity contribution is 7.20. The molecule has 0 radical (unpaired) electrons. The molecular formula is C21H29N3O3S. The Kier molecular flexibility index (Phi) is 6.35. The fraction of sp³-hybridized carbons (Fsp3) is 0.571. The molecule has 0 aromatic carbocycles. The van der Waals surface area contributed by atoms with Crippen molar-refractivity contribution < 1.29 is 14.3 Å². The van der Waals surface area contributed by atoms with Gasteiger partial charge in [0.25, 0.3) is 11.8 Å². The molecule has 0 spiro atoms. The largest absolute Gasteiger partial charge is 0.369 e. The molecule has 2 aromatic rings. The van der Waals surface area contributed by atoms with Gasteiger partial charge in [-0.15, -0.1) is 11.3 Å². The summed E-state index contributed by atoms with van der Waals surface area (Å²) in [6, 6.07) is 4.00. The number of pyridine rings is 1. The molecular weight excluding hydrogens is 374 g/mol. The van der Waals surface area contributed by atoms with Crippen LogP contribution in [-0.4, -0.2) is 43.1 Å². The molecule has 0 atom stereocenters. The lowest BCUT2D eigenvalue weighted by molar-refractivity contribution is -0.139. The van der Waals surface area contributed by atoms with Crippen LogP contribution in [-0.2, 0) is 9.53 Å². The van der Waals surface area contributed by atoms with Gasteiger partial charge in [0, 0.05) is 32.3 Å². The van der Waals surface area contributed by atoms with E-state index in [2.05, 4.69) is 21.7 Å². The van der Waals surface area contributed by atoms with Gasteiger partial charge in [0.05, 0.1) is 4.88 Å². The Morgan fingerprint density at radius 1 is 1.29 bits per heavy atom. The summed E-state index contributed by atoms with van der Waals surface area (Å²) in [5.41, 5.74) is 0.345. The maximum Gasteiger partial charge on any atom is 0.261 e. The highest BCUT2D eigenvalue weighted by Crippen LogP contribution is 2.43. The van der Waals surface area contributed by atoms with Gasteiger partial charge in [0.15, 0.2) is 0 Å². The van der Waals surface area contributed by atoms with Gasteiger partial charge in [-0.25, -0.2) is 4.98 Å². The fourth-order valence-electron chi connectivity index (χ4n) is 3.84. The molecule has 6 nitrogen and oxygen atoms in total. The third-order valence-corrected chi connectivity index (χ3v) is 6.93. The van der Waals surface area contributed by atoms with Crippen LogP contribution in [0.2, 0.25) is 0 Å². The summed E-state index contributed by atoms with van der Waals surface area (Å²) in [6.45, 7) is 4.22. The van der Waals surface area contributed by atoms with Gasteiger partial charge in [0.2, 0.25) is 0 Å². The minimum Gasteiger partial charge on any atom is -0.369 e. The van der Waals surface area contributed by atoms with E-state index in [1.807, 2.05) is 6.07 Å². The van der Waals surface area contributed by atoms with E-state index >= 15 is 0 Å². The second-order valence-corrected chi connectivity index (χ2v) is 8.92. The highest BCUT2D eigenvalue weighted by atomic mass is 32.1. The maximum atomic E-state index is 12.4. The van der Waals surface area contributed by atoms with Crippen molar-refractivity contribution in [1.82, 2.24) is 15.6 Å². The number of thiophene rings is 1. The summed E-state index contributed by atoms with van der Waals surface area (Å²) in [6.07, 6.45) is 5.86. The molecule has 1 saturated carbocycles. The molecule has 2 heterocycles. The maximum absolute atomic E-state index is 12.4. The second-order valence-electron chi connectivity index (χ2n) is 7.92. The molecule has 28 heavy (non-hydrogen) atoms. The molecule has 0 aliphatic heterocycles. The Balaban J connectivity index is 1.68. The first-order valence-electron chi connectivity index (χ1n) is 9.80. The first-order valence-corrected chi connectivity index (χ1v) is 10.6. The number of rotatable bonds is 6. The minimum absolute atomic E-state index is 0.0332. The van der Waals surface area contributed by atoms with Crippen molar-refractivity contribution in [3.05, 3.63) is 28.8 Å². The van der Waals surface area contributed by atoms with E-state index in [1.54, 1.807) is 34.2 Å². The van der Waals surface area contributed by atoms with Crippen LogP contribution in [0.5, 0.6) is 0 Å². The molecule has 0 unspecified atom stereocenters. The van der Waals surface area contributed by atoms with E-state index in [0.717, 1.165) is 46.3 Å². The standard InChI is InChI=1S/C21H29N3O3S/c1-21(2,27-4)20(26)24-12-13-7-9-14(10-8-13)16-15-6-5-11-23-19(15)28-17(16)18(25)22-3/h5-6,11,13-14H,7-10,12H2,1-4H3,(H,22,25)(H,24,26). The Morgan fingerprint density at radius 3 is 2.64 bits per heavy atom. The van der Waals surface area contributed by atoms with Gasteiger partial charge >= 0.3 is 0 Å². The zero-order valence-electron chi connectivity index (χ0n) is 17.0. The molecule has 1 fully saturated rings. The molecule has 3 rings (SSSR count). The van der Waals surface area contributed by atoms with Gasteiger partial charge in [0.1, 0.15) is 10.4 Å². The molecule has 2 aromatic heterocycles. The van der Waals surface area contributed by atoms with Crippen LogP contribution in [0, 0.1) is 5.92 Å². The Bertz CT molecular complexity index is 854. The quantitative estimate of drug-likeness (QED) is 0.774. The number of hydrogen-bond donors (Lipinski definition) is 2. The number of amides is 2. The Hall–Kier alpha value is -1.99. The molecule has 152 valence electrons. The minimum atomic E-state index is -0.803.